The van der Waals surface area contributed by atoms with Crippen LogP contribution in [0.3, 0.4) is 0 Å². The van der Waals surface area contributed by atoms with E-state index in [0.29, 0.717) is 29.7 Å². The van der Waals surface area contributed by atoms with Crippen LogP contribution in [0.15, 0.2) is 47.5 Å². The zero-order valence-corrected chi connectivity index (χ0v) is 21.2. The Bertz CT molecular complexity index is 845. The second kappa shape index (κ2) is 12.6. The van der Waals surface area contributed by atoms with Crippen LogP contribution < -0.4 is 19.5 Å². The second-order valence-corrected chi connectivity index (χ2v) is 7.45. The molecule has 1 unspecified atom stereocenters. The number of rotatable bonds is 8. The third-order valence-electron chi connectivity index (χ3n) is 5.47. The molecule has 7 heteroatoms. The zero-order chi connectivity index (χ0) is 21.3. The van der Waals surface area contributed by atoms with E-state index in [-0.39, 0.29) is 24.0 Å². The number of nitrogens with one attached hydrogen (secondary N) is 1. The summed E-state index contributed by atoms with van der Waals surface area (Å²) in [4.78, 5) is 7.27. The minimum Gasteiger partial charge on any atom is -0.493 e. The number of hydrogen-bond donors (Lipinski definition) is 1. The predicted molar refractivity (Wildman–Crippen MR) is 136 cm³/mol. The molecule has 1 atom stereocenters. The molecule has 0 saturated carbocycles. The lowest BCUT2D eigenvalue weighted by Gasteiger charge is -2.22. The molecule has 3 rings (SSSR count). The summed E-state index contributed by atoms with van der Waals surface area (Å²) < 4.78 is 16.5. The smallest absolute Gasteiger partial charge is 0.203 e. The molecule has 1 aliphatic rings. The first-order valence-corrected chi connectivity index (χ1v) is 10.5. The van der Waals surface area contributed by atoms with Crippen LogP contribution in [0.1, 0.15) is 24.5 Å². The summed E-state index contributed by atoms with van der Waals surface area (Å²) in [7, 11) is 4.89. The SMILES string of the molecule is CCNC(=NCc1ccc(OC)c(OC)c1OC)N1CCC(Cc2ccccc2)C1.I. The number of likely N-dealkylation sites (tertiary alicyclic amines) is 1. The van der Waals surface area contributed by atoms with Crippen molar-refractivity contribution in [1.82, 2.24) is 10.2 Å². The normalized spacial score (nSPS) is 15.9. The monoisotopic (exact) mass is 539 g/mol. The molecule has 2 aromatic carbocycles. The van der Waals surface area contributed by atoms with Crippen molar-refractivity contribution in [2.75, 3.05) is 41.0 Å². The molecular formula is C24H34IN3O3. The summed E-state index contributed by atoms with van der Waals surface area (Å²) in [5.41, 5.74) is 2.37. The number of methoxy groups -OCH3 is 3. The number of halogens is 1. The van der Waals surface area contributed by atoms with E-state index in [9.17, 15) is 0 Å². The third kappa shape index (κ3) is 6.41. The van der Waals surface area contributed by atoms with Gasteiger partial charge in [-0.15, -0.1) is 24.0 Å². The minimum absolute atomic E-state index is 0. The highest BCUT2D eigenvalue weighted by atomic mass is 127. The molecule has 0 radical (unpaired) electrons. The Hall–Kier alpha value is -2.16. The van der Waals surface area contributed by atoms with Gasteiger partial charge < -0.3 is 24.4 Å². The van der Waals surface area contributed by atoms with Gasteiger partial charge in [-0.3, -0.25) is 0 Å². The van der Waals surface area contributed by atoms with Gasteiger partial charge >= 0.3 is 0 Å². The molecule has 1 N–H and O–H groups in total. The highest BCUT2D eigenvalue weighted by molar-refractivity contribution is 14.0. The number of aliphatic imine (C=N–C) groups is 1. The van der Waals surface area contributed by atoms with Gasteiger partial charge in [0.05, 0.1) is 27.9 Å². The molecular weight excluding hydrogens is 505 g/mol. The van der Waals surface area contributed by atoms with Crippen LogP contribution in [0, 0.1) is 5.92 Å². The van der Waals surface area contributed by atoms with Gasteiger partial charge in [-0.2, -0.15) is 0 Å². The summed E-state index contributed by atoms with van der Waals surface area (Å²) in [6, 6.07) is 14.6. The van der Waals surface area contributed by atoms with Crippen LogP contribution in [0.2, 0.25) is 0 Å². The Kier molecular flexibility index (Phi) is 10.2. The summed E-state index contributed by atoms with van der Waals surface area (Å²) in [6.07, 6.45) is 2.29. The molecule has 6 nitrogen and oxygen atoms in total. The Morgan fingerprint density at radius 3 is 2.42 bits per heavy atom. The van der Waals surface area contributed by atoms with Crippen molar-refractivity contribution in [3.8, 4) is 17.2 Å². The van der Waals surface area contributed by atoms with Crippen LogP contribution in [0.25, 0.3) is 0 Å². The van der Waals surface area contributed by atoms with Gasteiger partial charge in [0, 0.05) is 25.2 Å². The van der Waals surface area contributed by atoms with E-state index in [1.807, 2.05) is 12.1 Å². The molecule has 170 valence electrons. The predicted octanol–water partition coefficient (Wildman–Crippen LogP) is 4.36. The molecule has 0 amide bonds. The van der Waals surface area contributed by atoms with E-state index < -0.39 is 0 Å². The summed E-state index contributed by atoms with van der Waals surface area (Å²) >= 11 is 0. The van der Waals surface area contributed by atoms with Gasteiger partial charge in [0.15, 0.2) is 17.5 Å². The Morgan fingerprint density at radius 2 is 1.77 bits per heavy atom. The lowest BCUT2D eigenvalue weighted by Crippen LogP contribution is -2.40. The van der Waals surface area contributed by atoms with Crippen LogP contribution in [-0.4, -0.2) is 51.8 Å². The first kappa shape index (κ1) is 25.1. The van der Waals surface area contributed by atoms with E-state index >= 15 is 0 Å². The van der Waals surface area contributed by atoms with Crippen LogP contribution in [0.4, 0.5) is 0 Å². The Balaban J connectivity index is 0.00000341. The van der Waals surface area contributed by atoms with Gasteiger partial charge in [0.2, 0.25) is 5.75 Å². The average molecular weight is 539 g/mol. The van der Waals surface area contributed by atoms with Gasteiger partial charge in [-0.05, 0) is 43.4 Å². The van der Waals surface area contributed by atoms with Crippen molar-refractivity contribution < 1.29 is 14.2 Å². The van der Waals surface area contributed by atoms with E-state index in [2.05, 4.69) is 47.5 Å². The quantitative estimate of drug-likeness (QED) is 0.307. The topological polar surface area (TPSA) is 55.3 Å². The van der Waals surface area contributed by atoms with Crippen molar-refractivity contribution in [1.29, 1.82) is 0 Å². The summed E-state index contributed by atoms with van der Waals surface area (Å²) in [6.45, 7) is 5.48. The maximum absolute atomic E-state index is 5.60. The van der Waals surface area contributed by atoms with E-state index in [4.69, 9.17) is 19.2 Å². The van der Waals surface area contributed by atoms with Crippen molar-refractivity contribution >= 4 is 29.9 Å². The zero-order valence-electron chi connectivity index (χ0n) is 18.9. The molecule has 1 aliphatic heterocycles. The fraction of sp³-hybridized carbons (Fsp3) is 0.458. The molecule has 1 fully saturated rings. The lowest BCUT2D eigenvalue weighted by molar-refractivity contribution is 0.322. The molecule has 1 heterocycles. The molecule has 0 aliphatic carbocycles. The van der Waals surface area contributed by atoms with E-state index in [0.717, 1.165) is 37.6 Å². The maximum atomic E-state index is 5.60. The molecule has 0 spiro atoms. The number of benzene rings is 2. The number of nitrogens with zero attached hydrogens (tertiary/aromatic N) is 2. The highest BCUT2D eigenvalue weighted by Crippen LogP contribution is 2.40. The molecule has 0 bridgehead atoms. The number of hydrogen-bond acceptors (Lipinski definition) is 4. The second-order valence-electron chi connectivity index (χ2n) is 7.45. The lowest BCUT2D eigenvalue weighted by atomic mass is 9.99. The van der Waals surface area contributed by atoms with Crippen LogP contribution in [-0.2, 0) is 13.0 Å². The van der Waals surface area contributed by atoms with Gasteiger partial charge in [0.1, 0.15) is 0 Å². The van der Waals surface area contributed by atoms with Crippen LogP contribution in [0.5, 0.6) is 17.2 Å². The Morgan fingerprint density at radius 1 is 1.03 bits per heavy atom. The Labute approximate surface area is 203 Å². The first-order valence-electron chi connectivity index (χ1n) is 10.5. The van der Waals surface area contributed by atoms with Gasteiger partial charge in [0.25, 0.3) is 0 Å². The number of guanidine groups is 1. The molecule has 1 saturated heterocycles. The van der Waals surface area contributed by atoms with E-state index in [1.54, 1.807) is 21.3 Å². The summed E-state index contributed by atoms with van der Waals surface area (Å²) in [5, 5.41) is 3.45. The molecule has 31 heavy (non-hydrogen) atoms. The van der Waals surface area contributed by atoms with Crippen molar-refractivity contribution in [2.24, 2.45) is 10.9 Å². The minimum atomic E-state index is 0. The highest BCUT2D eigenvalue weighted by Gasteiger charge is 2.25. The van der Waals surface area contributed by atoms with Crippen molar-refractivity contribution in [3.05, 3.63) is 53.6 Å². The van der Waals surface area contributed by atoms with E-state index in [1.165, 1.54) is 12.0 Å². The van der Waals surface area contributed by atoms with Gasteiger partial charge in [-0.1, -0.05) is 30.3 Å². The van der Waals surface area contributed by atoms with Crippen molar-refractivity contribution in [3.63, 3.8) is 0 Å². The average Bonchev–Trinajstić information content (AvgIpc) is 3.24. The number of ether oxygens (including phenoxy) is 3. The fourth-order valence-corrected chi connectivity index (χ4v) is 4.01. The van der Waals surface area contributed by atoms with Crippen molar-refractivity contribution in [2.45, 2.75) is 26.3 Å². The van der Waals surface area contributed by atoms with Gasteiger partial charge in [-0.25, -0.2) is 4.99 Å². The summed E-state index contributed by atoms with van der Waals surface area (Å²) in [5.74, 6) is 3.51. The standard InChI is InChI=1S/C24H33N3O3.HI/c1-5-25-24(27-14-13-19(17-27)15-18-9-7-6-8-10-18)26-16-20-11-12-21(28-2)23(30-4)22(20)29-3;/h6-12,19H,5,13-17H2,1-4H3,(H,25,26);1H. The largest absolute Gasteiger partial charge is 0.493 e. The molecule has 0 aromatic heterocycles. The van der Waals surface area contributed by atoms with Crippen LogP contribution >= 0.6 is 24.0 Å². The molecule has 2 aromatic rings. The first-order chi connectivity index (χ1) is 14.7. The fourth-order valence-electron chi connectivity index (χ4n) is 4.01. The third-order valence-corrected chi connectivity index (χ3v) is 5.47. The maximum Gasteiger partial charge on any atom is 0.203 e.